The highest BCUT2D eigenvalue weighted by Gasteiger charge is 2.72. The van der Waals surface area contributed by atoms with E-state index >= 15 is 0 Å². The highest BCUT2D eigenvalue weighted by molar-refractivity contribution is 5.73. The molecule has 0 aromatic carbocycles. The Kier molecular flexibility index (Phi) is 8.90. The lowest BCUT2D eigenvalue weighted by atomic mass is 9.34. The molecule has 0 aromatic heterocycles. The summed E-state index contributed by atoms with van der Waals surface area (Å²) in [7, 11) is 0. The van der Waals surface area contributed by atoms with Gasteiger partial charge in [0.2, 0.25) is 0 Å². The van der Waals surface area contributed by atoms with Crippen LogP contribution in [0.3, 0.4) is 0 Å². The average Bonchev–Trinajstić information content (AvgIpc) is 2.93. The Balaban J connectivity index is 1.56. The van der Waals surface area contributed by atoms with E-state index in [4.69, 9.17) is 14.2 Å². The predicted molar refractivity (Wildman–Crippen MR) is 172 cm³/mol. The second kappa shape index (κ2) is 11.6. The number of esters is 2. The van der Waals surface area contributed by atoms with Gasteiger partial charge in [0.05, 0.1) is 25.7 Å². The Morgan fingerprint density at radius 3 is 2.29 bits per heavy atom. The number of carbonyl (C=O) groups is 3. The van der Waals surface area contributed by atoms with E-state index in [-0.39, 0.29) is 58.5 Å². The second-order valence-electron chi connectivity index (χ2n) is 17.1. The van der Waals surface area contributed by atoms with Crippen molar-refractivity contribution in [2.75, 3.05) is 19.8 Å². The van der Waals surface area contributed by atoms with Crippen molar-refractivity contribution in [3.05, 3.63) is 11.6 Å². The fraction of sp³-hybridized carbons (Fsp3) is 0.865. The summed E-state index contributed by atoms with van der Waals surface area (Å²) in [6.07, 6.45) is 6.24. The van der Waals surface area contributed by atoms with Crippen molar-refractivity contribution in [2.24, 2.45) is 56.7 Å². The molecule has 1 saturated heterocycles. The molecular weight excluding hydrogens is 570 g/mol. The van der Waals surface area contributed by atoms with Gasteiger partial charge in [-0.1, -0.05) is 74.0 Å². The number of carboxylic acids is 1. The summed E-state index contributed by atoms with van der Waals surface area (Å²) < 4.78 is 18.7. The summed E-state index contributed by atoms with van der Waals surface area (Å²) in [6, 6.07) is 0.141. The van der Waals surface area contributed by atoms with E-state index in [1.807, 2.05) is 13.8 Å². The number of aliphatic carboxylic acids is 1. The van der Waals surface area contributed by atoms with Crippen LogP contribution in [0.1, 0.15) is 108 Å². The van der Waals surface area contributed by atoms with Gasteiger partial charge in [-0.25, -0.2) is 0 Å². The van der Waals surface area contributed by atoms with Crippen LogP contribution in [0.4, 0.5) is 0 Å². The van der Waals surface area contributed by atoms with E-state index < -0.39 is 34.9 Å². The molecule has 4 fully saturated rings. The molecule has 5 rings (SSSR count). The highest BCUT2D eigenvalue weighted by atomic mass is 16.6. The number of hydrogen-bond acceptors (Lipinski definition) is 7. The fourth-order valence-electron chi connectivity index (χ4n) is 11.6. The van der Waals surface area contributed by atoms with E-state index in [1.54, 1.807) is 0 Å². The molecule has 0 unspecified atom stereocenters. The number of allylic oxidation sites excluding steroid dienone is 1. The Morgan fingerprint density at radius 2 is 1.69 bits per heavy atom. The number of ether oxygens (including phenoxy) is 3. The van der Waals surface area contributed by atoms with Crippen LogP contribution < -0.4 is 5.32 Å². The summed E-state index contributed by atoms with van der Waals surface area (Å²) in [6.45, 7) is 22.2. The molecule has 1 aliphatic heterocycles. The van der Waals surface area contributed by atoms with Crippen molar-refractivity contribution >= 4 is 17.9 Å². The molecule has 5 aliphatic rings. The van der Waals surface area contributed by atoms with Crippen molar-refractivity contribution in [1.29, 1.82) is 0 Å². The molecule has 45 heavy (non-hydrogen) atoms. The molecule has 8 nitrogen and oxygen atoms in total. The molecule has 3 saturated carbocycles. The summed E-state index contributed by atoms with van der Waals surface area (Å²) in [5, 5.41) is 14.1. The van der Waals surface area contributed by atoms with Gasteiger partial charge in [0.15, 0.2) is 0 Å². The van der Waals surface area contributed by atoms with Crippen LogP contribution in [0.2, 0.25) is 0 Å². The molecule has 11 atom stereocenters. The first-order valence-corrected chi connectivity index (χ1v) is 17.5. The Bertz CT molecular complexity index is 1230. The molecule has 1 heterocycles. The lowest BCUT2D eigenvalue weighted by Gasteiger charge is -2.71. The third-order valence-corrected chi connectivity index (χ3v) is 14.3. The molecule has 2 bridgehead atoms. The molecule has 0 amide bonds. The van der Waals surface area contributed by atoms with Gasteiger partial charge in [-0.2, -0.15) is 0 Å². The minimum Gasteiger partial charge on any atom is -0.481 e. The van der Waals surface area contributed by atoms with Crippen LogP contribution in [-0.2, 0) is 28.6 Å². The van der Waals surface area contributed by atoms with E-state index in [2.05, 4.69) is 59.9 Å². The number of carbonyl (C=O) groups excluding carboxylic acids is 2. The summed E-state index contributed by atoms with van der Waals surface area (Å²) in [5.74, 6) is -0.753. The van der Waals surface area contributed by atoms with Crippen LogP contribution in [0.15, 0.2) is 11.6 Å². The molecule has 8 heteroatoms. The van der Waals surface area contributed by atoms with Gasteiger partial charge in [-0.3, -0.25) is 14.4 Å². The van der Waals surface area contributed by atoms with Crippen molar-refractivity contribution in [3.63, 3.8) is 0 Å². The summed E-state index contributed by atoms with van der Waals surface area (Å²) in [4.78, 5) is 38.9. The highest BCUT2D eigenvalue weighted by Crippen LogP contribution is 2.75. The van der Waals surface area contributed by atoms with Crippen LogP contribution in [0.25, 0.3) is 0 Å². The first-order chi connectivity index (χ1) is 20.9. The van der Waals surface area contributed by atoms with Gasteiger partial charge in [-0.05, 0) is 78.4 Å². The van der Waals surface area contributed by atoms with Gasteiger partial charge in [0, 0.05) is 23.8 Å². The maximum Gasteiger partial charge on any atom is 0.320 e. The summed E-state index contributed by atoms with van der Waals surface area (Å²) in [5.41, 5.74) is -0.418. The zero-order valence-corrected chi connectivity index (χ0v) is 29.5. The van der Waals surface area contributed by atoms with Crippen LogP contribution in [0.5, 0.6) is 0 Å². The molecule has 2 N–H and O–H groups in total. The minimum absolute atomic E-state index is 0.0942. The van der Waals surface area contributed by atoms with Crippen LogP contribution in [-0.4, -0.2) is 61.0 Å². The van der Waals surface area contributed by atoms with Gasteiger partial charge in [-0.15, -0.1) is 0 Å². The quantitative estimate of drug-likeness (QED) is 0.234. The van der Waals surface area contributed by atoms with Gasteiger partial charge >= 0.3 is 17.9 Å². The Morgan fingerprint density at radius 1 is 1.00 bits per heavy atom. The van der Waals surface area contributed by atoms with Crippen molar-refractivity contribution in [1.82, 2.24) is 5.32 Å². The maximum atomic E-state index is 13.3. The fourth-order valence-corrected chi connectivity index (χ4v) is 11.6. The normalized spacial score (nSPS) is 44.6. The van der Waals surface area contributed by atoms with Gasteiger partial charge in [0.1, 0.15) is 12.2 Å². The first kappa shape index (κ1) is 34.4. The lowest BCUT2D eigenvalue weighted by molar-refractivity contribution is -0.262. The topological polar surface area (TPSA) is 111 Å². The molecule has 254 valence electrons. The first-order valence-electron chi connectivity index (χ1n) is 17.5. The molecule has 0 radical (unpaired) electrons. The average molecular weight is 630 g/mol. The molecule has 0 spiro atoms. The second-order valence-corrected chi connectivity index (χ2v) is 17.1. The number of hydrogen-bond donors (Lipinski definition) is 2. The predicted octanol–water partition coefficient (Wildman–Crippen LogP) is 6.42. The smallest absolute Gasteiger partial charge is 0.320 e. The van der Waals surface area contributed by atoms with E-state index in [0.717, 1.165) is 25.7 Å². The zero-order valence-electron chi connectivity index (χ0n) is 29.5. The number of rotatable bonds is 8. The number of fused-ring (bicyclic) bond motifs is 3. The monoisotopic (exact) mass is 629 g/mol. The SMILES string of the molecule is CC(=O)O[C@@H]1C[C@@]23COC[C@@](C)([C@@H]2CC[C@H]2C3=CC[C@@]3(C)[C@H](C(=O)O)[C@@](C)([C@H](C)C(C)C)CC[C@]23C)[C@H]1OC(=O)CNC(C)C. The molecular formula is C37H59NO7. The largest absolute Gasteiger partial charge is 0.481 e. The molecule has 0 aromatic rings. The third kappa shape index (κ3) is 5.10. The van der Waals surface area contributed by atoms with E-state index in [9.17, 15) is 19.5 Å². The van der Waals surface area contributed by atoms with Gasteiger partial charge in [0.25, 0.3) is 0 Å². The van der Waals surface area contributed by atoms with Crippen LogP contribution >= 0.6 is 0 Å². The number of carboxylic acid groups (broad SMARTS) is 1. The molecule has 4 aliphatic carbocycles. The zero-order chi connectivity index (χ0) is 33.3. The van der Waals surface area contributed by atoms with E-state index in [1.165, 1.54) is 12.5 Å². The van der Waals surface area contributed by atoms with Crippen molar-refractivity contribution in [2.45, 2.75) is 126 Å². The number of nitrogens with one attached hydrogen (secondary N) is 1. The Labute approximate surface area is 270 Å². The van der Waals surface area contributed by atoms with Crippen LogP contribution in [0, 0.1) is 56.7 Å². The standard InChI is InChI=1S/C37H59NO7/c1-21(2)23(5)33(7)15-16-35(9)25-11-12-28-34(8)19-43-20-37(28,26(25)13-14-36(35,10)30(33)32(41)42)17-27(44-24(6)39)31(34)45-29(40)18-38-22(3)4/h13,21-23,25,27-28,30-31,38H,11-12,14-20H2,1-10H3,(H,41,42)/t23-,25+,27-,28+,30-,31+,33-,34+,35-,36+,37+/m1/s1. The maximum absolute atomic E-state index is 13.3. The Hall–Kier alpha value is -1.93. The minimum atomic E-state index is -0.667. The third-order valence-electron chi connectivity index (χ3n) is 14.3. The van der Waals surface area contributed by atoms with E-state index in [0.29, 0.717) is 32.0 Å². The van der Waals surface area contributed by atoms with Crippen molar-refractivity contribution < 1.29 is 33.7 Å². The summed E-state index contributed by atoms with van der Waals surface area (Å²) >= 11 is 0. The lowest BCUT2D eigenvalue weighted by Crippen LogP contribution is -2.70. The van der Waals surface area contributed by atoms with Gasteiger partial charge < -0.3 is 24.6 Å². The van der Waals surface area contributed by atoms with Crippen molar-refractivity contribution in [3.8, 4) is 0 Å².